The molecule has 2 heteroatoms. The summed E-state index contributed by atoms with van der Waals surface area (Å²) in [5.41, 5.74) is 1.89. The van der Waals surface area contributed by atoms with Gasteiger partial charge in [0.25, 0.3) is 0 Å². The van der Waals surface area contributed by atoms with E-state index < -0.39 is 0 Å². The lowest BCUT2D eigenvalue weighted by atomic mass is 10.2. The van der Waals surface area contributed by atoms with Crippen LogP contribution in [0.3, 0.4) is 0 Å². The fraction of sp³-hybridized carbons (Fsp3) is 0.571. The SMILES string of the molecule is CCCCc1cncs1. The first kappa shape index (κ1) is 6.75. The summed E-state index contributed by atoms with van der Waals surface area (Å²) in [5, 5.41) is 0. The molecule has 0 unspecified atom stereocenters. The van der Waals surface area contributed by atoms with Gasteiger partial charge >= 0.3 is 0 Å². The minimum atomic E-state index is 1.21. The summed E-state index contributed by atoms with van der Waals surface area (Å²) in [6, 6.07) is 0. The summed E-state index contributed by atoms with van der Waals surface area (Å²) >= 11 is 1.75. The topological polar surface area (TPSA) is 12.9 Å². The molecule has 1 rings (SSSR count). The molecule has 9 heavy (non-hydrogen) atoms. The number of hydrogen-bond donors (Lipinski definition) is 0. The van der Waals surface area contributed by atoms with Crippen molar-refractivity contribution in [3.8, 4) is 0 Å². The molecule has 0 fully saturated rings. The molecular weight excluding hydrogens is 130 g/mol. The van der Waals surface area contributed by atoms with E-state index in [1.54, 1.807) is 11.3 Å². The summed E-state index contributed by atoms with van der Waals surface area (Å²) in [6.07, 6.45) is 5.74. The van der Waals surface area contributed by atoms with Gasteiger partial charge in [-0.2, -0.15) is 0 Å². The molecular formula is C7H11NS. The molecule has 0 amide bonds. The third-order valence-corrected chi connectivity index (χ3v) is 2.10. The van der Waals surface area contributed by atoms with E-state index in [1.807, 2.05) is 11.7 Å². The molecule has 50 valence electrons. The fourth-order valence-corrected chi connectivity index (χ4v) is 1.36. The highest BCUT2D eigenvalue weighted by molar-refractivity contribution is 7.09. The maximum absolute atomic E-state index is 3.99. The minimum Gasteiger partial charge on any atom is -0.253 e. The Morgan fingerprint density at radius 3 is 3.11 bits per heavy atom. The number of hydrogen-bond acceptors (Lipinski definition) is 2. The minimum absolute atomic E-state index is 1.21. The van der Waals surface area contributed by atoms with E-state index in [1.165, 1.54) is 24.1 Å². The second kappa shape index (κ2) is 3.62. The van der Waals surface area contributed by atoms with Crippen LogP contribution in [0.5, 0.6) is 0 Å². The van der Waals surface area contributed by atoms with Gasteiger partial charge in [0.05, 0.1) is 5.51 Å². The van der Waals surface area contributed by atoms with Crippen molar-refractivity contribution in [1.29, 1.82) is 0 Å². The van der Waals surface area contributed by atoms with Crippen LogP contribution >= 0.6 is 11.3 Å². The van der Waals surface area contributed by atoms with Crippen molar-refractivity contribution < 1.29 is 0 Å². The van der Waals surface area contributed by atoms with E-state index in [0.717, 1.165) is 0 Å². The second-order valence-electron chi connectivity index (χ2n) is 2.07. The number of unbranched alkanes of at least 4 members (excludes halogenated alkanes) is 1. The van der Waals surface area contributed by atoms with Crippen molar-refractivity contribution in [2.75, 3.05) is 0 Å². The van der Waals surface area contributed by atoms with Crippen LogP contribution in [0, 0.1) is 0 Å². The van der Waals surface area contributed by atoms with Gasteiger partial charge in [0.15, 0.2) is 0 Å². The van der Waals surface area contributed by atoms with Gasteiger partial charge in [-0.1, -0.05) is 13.3 Å². The van der Waals surface area contributed by atoms with E-state index in [-0.39, 0.29) is 0 Å². The van der Waals surface area contributed by atoms with Gasteiger partial charge in [-0.25, -0.2) is 0 Å². The molecule has 0 aliphatic heterocycles. The molecule has 0 saturated heterocycles. The summed E-state index contributed by atoms with van der Waals surface area (Å²) < 4.78 is 0. The summed E-state index contributed by atoms with van der Waals surface area (Å²) in [6.45, 7) is 2.21. The number of aromatic nitrogens is 1. The molecule has 0 aliphatic carbocycles. The zero-order valence-corrected chi connectivity index (χ0v) is 6.45. The average molecular weight is 141 g/mol. The largest absolute Gasteiger partial charge is 0.253 e. The molecule has 1 aromatic rings. The van der Waals surface area contributed by atoms with Crippen LogP contribution in [0.2, 0.25) is 0 Å². The number of aryl methyl sites for hydroxylation is 1. The number of nitrogens with zero attached hydrogens (tertiary/aromatic N) is 1. The molecule has 1 heterocycles. The summed E-state index contributed by atoms with van der Waals surface area (Å²) in [4.78, 5) is 5.41. The van der Waals surface area contributed by atoms with Gasteiger partial charge in [-0.3, -0.25) is 4.98 Å². The van der Waals surface area contributed by atoms with Gasteiger partial charge in [0.1, 0.15) is 0 Å². The Bertz CT molecular complexity index is 146. The van der Waals surface area contributed by atoms with Crippen molar-refractivity contribution in [3.05, 3.63) is 16.6 Å². The predicted octanol–water partition coefficient (Wildman–Crippen LogP) is 2.49. The Morgan fingerprint density at radius 1 is 1.67 bits per heavy atom. The Hall–Kier alpha value is -0.370. The Kier molecular flexibility index (Phi) is 2.71. The zero-order valence-electron chi connectivity index (χ0n) is 5.63. The first-order chi connectivity index (χ1) is 4.43. The quantitative estimate of drug-likeness (QED) is 0.630. The van der Waals surface area contributed by atoms with Gasteiger partial charge in [-0.15, -0.1) is 11.3 Å². The van der Waals surface area contributed by atoms with Gasteiger partial charge < -0.3 is 0 Å². The standard InChI is InChI=1S/C7H11NS/c1-2-3-4-7-5-8-6-9-7/h5-6H,2-4H2,1H3. The highest BCUT2D eigenvalue weighted by atomic mass is 32.1. The molecule has 1 aromatic heterocycles. The Balaban J connectivity index is 2.30. The molecule has 0 bridgehead atoms. The fourth-order valence-electron chi connectivity index (χ4n) is 0.717. The Labute approximate surface area is 59.8 Å². The van der Waals surface area contributed by atoms with E-state index >= 15 is 0 Å². The predicted molar refractivity (Wildman–Crippen MR) is 40.7 cm³/mol. The van der Waals surface area contributed by atoms with Crippen molar-refractivity contribution in [2.45, 2.75) is 26.2 Å². The molecule has 0 aromatic carbocycles. The molecule has 0 N–H and O–H groups in total. The lowest BCUT2D eigenvalue weighted by molar-refractivity contribution is 0.803. The maximum Gasteiger partial charge on any atom is 0.0794 e. The number of thiazole rings is 1. The lowest BCUT2D eigenvalue weighted by Gasteiger charge is -1.89. The molecule has 0 radical (unpaired) electrons. The van der Waals surface area contributed by atoms with E-state index in [9.17, 15) is 0 Å². The second-order valence-corrected chi connectivity index (χ2v) is 3.04. The lowest BCUT2D eigenvalue weighted by Crippen LogP contribution is -1.76. The third kappa shape index (κ3) is 2.14. The highest BCUT2D eigenvalue weighted by Gasteiger charge is 1.90. The molecule has 0 aliphatic rings. The van der Waals surface area contributed by atoms with Crippen molar-refractivity contribution in [3.63, 3.8) is 0 Å². The van der Waals surface area contributed by atoms with Crippen LogP contribution in [0.4, 0.5) is 0 Å². The number of rotatable bonds is 3. The monoisotopic (exact) mass is 141 g/mol. The highest BCUT2D eigenvalue weighted by Crippen LogP contribution is 2.08. The van der Waals surface area contributed by atoms with E-state index in [4.69, 9.17) is 0 Å². The molecule has 1 nitrogen and oxygen atoms in total. The van der Waals surface area contributed by atoms with Crippen LogP contribution in [-0.4, -0.2) is 4.98 Å². The van der Waals surface area contributed by atoms with Crippen LogP contribution in [-0.2, 0) is 6.42 Å². The van der Waals surface area contributed by atoms with Crippen molar-refractivity contribution in [2.24, 2.45) is 0 Å². The third-order valence-electron chi connectivity index (χ3n) is 1.26. The van der Waals surface area contributed by atoms with Crippen LogP contribution < -0.4 is 0 Å². The first-order valence-corrected chi connectivity index (χ1v) is 4.19. The van der Waals surface area contributed by atoms with E-state index in [2.05, 4.69) is 11.9 Å². The molecule has 0 saturated carbocycles. The first-order valence-electron chi connectivity index (χ1n) is 3.31. The van der Waals surface area contributed by atoms with Gasteiger partial charge in [-0.05, 0) is 12.8 Å². The van der Waals surface area contributed by atoms with Crippen LogP contribution in [0.15, 0.2) is 11.7 Å². The van der Waals surface area contributed by atoms with E-state index in [0.29, 0.717) is 0 Å². The summed E-state index contributed by atoms with van der Waals surface area (Å²) in [5.74, 6) is 0. The normalized spacial score (nSPS) is 9.89. The summed E-state index contributed by atoms with van der Waals surface area (Å²) in [7, 11) is 0. The average Bonchev–Trinajstić information content (AvgIpc) is 2.34. The van der Waals surface area contributed by atoms with Crippen molar-refractivity contribution >= 4 is 11.3 Å². The van der Waals surface area contributed by atoms with Gasteiger partial charge in [0.2, 0.25) is 0 Å². The zero-order chi connectivity index (χ0) is 6.53. The molecule has 0 atom stereocenters. The smallest absolute Gasteiger partial charge is 0.0794 e. The van der Waals surface area contributed by atoms with Crippen LogP contribution in [0.1, 0.15) is 24.6 Å². The maximum atomic E-state index is 3.99. The molecule has 0 spiro atoms. The van der Waals surface area contributed by atoms with Crippen LogP contribution in [0.25, 0.3) is 0 Å². The van der Waals surface area contributed by atoms with Crippen molar-refractivity contribution in [1.82, 2.24) is 4.98 Å². The van der Waals surface area contributed by atoms with Gasteiger partial charge in [0, 0.05) is 11.1 Å². The Morgan fingerprint density at radius 2 is 2.56 bits per heavy atom.